The first-order chi connectivity index (χ1) is 15.5. The quantitative estimate of drug-likeness (QED) is 0.483. The van der Waals surface area contributed by atoms with E-state index in [2.05, 4.69) is 10.3 Å². The lowest BCUT2D eigenvalue weighted by atomic mass is 10.1. The summed E-state index contributed by atoms with van der Waals surface area (Å²) in [6.07, 6.45) is 3.84. The average Bonchev–Trinajstić information content (AvgIpc) is 3.00. The number of nitrogens with one attached hydrogen (secondary N) is 1. The fraction of sp³-hybridized carbons (Fsp3) is 0.391. The number of nitrogens with zero attached hydrogens (tertiary/aromatic N) is 2. The van der Waals surface area contributed by atoms with Crippen molar-refractivity contribution in [2.75, 3.05) is 31.6 Å². The van der Waals surface area contributed by atoms with Crippen molar-refractivity contribution in [2.24, 2.45) is 0 Å². The van der Waals surface area contributed by atoms with E-state index in [4.69, 9.17) is 4.74 Å². The molecule has 170 valence electrons. The second-order valence-corrected chi connectivity index (χ2v) is 10.7. The molecule has 0 unspecified atom stereocenters. The fourth-order valence-corrected chi connectivity index (χ4v) is 6.21. The van der Waals surface area contributed by atoms with Crippen molar-refractivity contribution in [1.82, 2.24) is 9.29 Å². The van der Waals surface area contributed by atoms with Crippen molar-refractivity contribution in [2.45, 2.75) is 37.5 Å². The van der Waals surface area contributed by atoms with E-state index in [1.54, 1.807) is 22.5 Å². The number of ether oxygens (including phenoxy) is 1. The van der Waals surface area contributed by atoms with E-state index in [1.165, 1.54) is 17.4 Å². The normalized spacial score (nSPS) is 15.4. The lowest BCUT2D eigenvalue weighted by Gasteiger charge is -2.20. The van der Waals surface area contributed by atoms with Gasteiger partial charge < -0.3 is 10.1 Å². The highest BCUT2D eigenvalue weighted by Gasteiger charge is 2.25. The third kappa shape index (κ3) is 5.11. The first-order valence-electron chi connectivity index (χ1n) is 10.9. The van der Waals surface area contributed by atoms with Gasteiger partial charge in [0, 0.05) is 18.7 Å². The van der Waals surface area contributed by atoms with Gasteiger partial charge in [0.2, 0.25) is 10.0 Å². The Bertz CT molecular complexity index is 1200. The van der Waals surface area contributed by atoms with Crippen LogP contribution in [0.2, 0.25) is 0 Å². The van der Waals surface area contributed by atoms with Crippen LogP contribution in [0.4, 0.5) is 5.13 Å². The van der Waals surface area contributed by atoms with Gasteiger partial charge in [0.15, 0.2) is 10.9 Å². The van der Waals surface area contributed by atoms with Crippen LogP contribution in [0.3, 0.4) is 0 Å². The number of aromatic nitrogens is 1. The van der Waals surface area contributed by atoms with Crippen molar-refractivity contribution >= 4 is 42.5 Å². The predicted molar refractivity (Wildman–Crippen MR) is 127 cm³/mol. The number of hydrogen-bond donors (Lipinski definition) is 1. The first-order valence-corrected chi connectivity index (χ1v) is 13.1. The summed E-state index contributed by atoms with van der Waals surface area (Å²) in [5.74, 6) is 0.598. The zero-order chi connectivity index (χ0) is 22.6. The molecule has 9 heteroatoms. The number of fused-ring (bicyclic) bond motifs is 1. The maximum absolute atomic E-state index is 13.0. The van der Waals surface area contributed by atoms with Crippen LogP contribution in [0.25, 0.3) is 10.2 Å². The van der Waals surface area contributed by atoms with Crippen LogP contribution in [0.5, 0.6) is 5.75 Å². The molecule has 7 nitrogen and oxygen atoms in total. The van der Waals surface area contributed by atoms with Crippen molar-refractivity contribution in [3.63, 3.8) is 0 Å². The second-order valence-electron chi connectivity index (χ2n) is 7.70. The molecule has 0 spiro atoms. The molecule has 1 N–H and O–H groups in total. The van der Waals surface area contributed by atoms with E-state index in [0.29, 0.717) is 30.4 Å². The van der Waals surface area contributed by atoms with Gasteiger partial charge in [0.1, 0.15) is 5.75 Å². The third-order valence-electron chi connectivity index (χ3n) is 5.43. The zero-order valence-corrected chi connectivity index (χ0v) is 19.7. The smallest absolute Gasteiger partial charge is 0.243 e. The van der Waals surface area contributed by atoms with Crippen LogP contribution in [-0.4, -0.2) is 49.7 Å². The summed E-state index contributed by atoms with van der Waals surface area (Å²) in [5, 5.41) is 3.71. The molecular weight excluding hydrogens is 446 g/mol. The number of ketones is 1. The minimum absolute atomic E-state index is 0.0331. The van der Waals surface area contributed by atoms with Gasteiger partial charge in [-0.15, -0.1) is 0 Å². The molecule has 1 saturated heterocycles. The number of carbonyl (C=O) groups excluding carboxylic acids is 1. The van der Waals surface area contributed by atoms with Crippen LogP contribution in [0, 0.1) is 0 Å². The Kier molecular flexibility index (Phi) is 7.07. The van der Waals surface area contributed by atoms with Crippen molar-refractivity contribution in [3.8, 4) is 5.75 Å². The summed E-state index contributed by atoms with van der Waals surface area (Å²) in [5.41, 5.74) is 1.20. The maximum Gasteiger partial charge on any atom is 0.243 e. The molecule has 2 aromatic carbocycles. The minimum Gasteiger partial charge on any atom is -0.494 e. The Balaban J connectivity index is 1.45. The van der Waals surface area contributed by atoms with Gasteiger partial charge in [-0.1, -0.05) is 36.3 Å². The standard InChI is InChI=1S/C23H27N3O4S2/c1-2-30-18-10-11-20-22(15-18)31-23(25-20)24-16-21(27)17-8-7-9-19(14-17)32(28,29)26-12-5-3-4-6-13-26/h7-11,14-15H,2-6,12-13,16H2,1H3,(H,24,25). The molecule has 1 fully saturated rings. The molecule has 1 aliphatic rings. The number of benzene rings is 2. The summed E-state index contributed by atoms with van der Waals surface area (Å²) in [6, 6.07) is 12.0. The van der Waals surface area contributed by atoms with Gasteiger partial charge in [0.25, 0.3) is 0 Å². The topological polar surface area (TPSA) is 88.6 Å². The molecule has 1 aromatic heterocycles. The van der Waals surface area contributed by atoms with E-state index in [-0.39, 0.29) is 17.2 Å². The molecule has 0 aliphatic carbocycles. The molecule has 0 bridgehead atoms. The molecule has 0 saturated carbocycles. The van der Waals surface area contributed by atoms with Gasteiger partial charge >= 0.3 is 0 Å². The number of hydrogen-bond acceptors (Lipinski definition) is 7. The average molecular weight is 474 g/mol. The molecule has 32 heavy (non-hydrogen) atoms. The SMILES string of the molecule is CCOc1ccc2nc(NCC(=O)c3cccc(S(=O)(=O)N4CCCCCC4)c3)sc2c1. The minimum atomic E-state index is -3.60. The molecule has 0 amide bonds. The Labute approximate surface area is 192 Å². The van der Waals surface area contributed by atoms with Crippen LogP contribution in [0.15, 0.2) is 47.4 Å². The van der Waals surface area contributed by atoms with E-state index < -0.39 is 10.0 Å². The van der Waals surface area contributed by atoms with Crippen molar-refractivity contribution in [1.29, 1.82) is 0 Å². The van der Waals surface area contributed by atoms with Gasteiger partial charge in [0.05, 0.1) is 28.3 Å². The Morgan fingerprint density at radius 1 is 1.12 bits per heavy atom. The van der Waals surface area contributed by atoms with Crippen molar-refractivity contribution < 1.29 is 17.9 Å². The molecule has 3 aromatic rings. The second kappa shape index (κ2) is 9.97. The highest BCUT2D eigenvalue weighted by molar-refractivity contribution is 7.89. The number of anilines is 1. The van der Waals surface area contributed by atoms with E-state index >= 15 is 0 Å². The van der Waals surface area contributed by atoms with E-state index in [9.17, 15) is 13.2 Å². The monoisotopic (exact) mass is 473 g/mol. The van der Waals surface area contributed by atoms with Gasteiger partial charge in [-0.2, -0.15) is 4.31 Å². The molecule has 1 aliphatic heterocycles. The Morgan fingerprint density at radius 2 is 1.91 bits per heavy atom. The Hall–Kier alpha value is -2.49. The van der Waals surface area contributed by atoms with Crippen LogP contribution in [0.1, 0.15) is 43.0 Å². The van der Waals surface area contributed by atoms with Crippen LogP contribution >= 0.6 is 11.3 Å². The van der Waals surface area contributed by atoms with E-state index in [0.717, 1.165) is 41.6 Å². The number of Topliss-reactive ketones (excluding diaryl/α,β-unsaturated/α-hetero) is 1. The molecule has 2 heterocycles. The number of sulfonamides is 1. The zero-order valence-electron chi connectivity index (χ0n) is 18.0. The van der Waals surface area contributed by atoms with Crippen LogP contribution < -0.4 is 10.1 Å². The van der Waals surface area contributed by atoms with Crippen LogP contribution in [-0.2, 0) is 10.0 Å². The number of carbonyl (C=O) groups is 1. The molecule has 0 radical (unpaired) electrons. The van der Waals surface area contributed by atoms with Gasteiger partial charge in [-0.25, -0.2) is 13.4 Å². The lowest BCUT2D eigenvalue weighted by Crippen LogP contribution is -2.32. The van der Waals surface area contributed by atoms with E-state index in [1.807, 2.05) is 25.1 Å². The predicted octanol–water partition coefficient (Wildman–Crippen LogP) is 4.55. The fourth-order valence-electron chi connectivity index (χ4n) is 3.76. The summed E-state index contributed by atoms with van der Waals surface area (Å²) < 4.78 is 34.1. The van der Waals surface area contributed by atoms with Gasteiger partial charge in [-0.3, -0.25) is 4.79 Å². The largest absolute Gasteiger partial charge is 0.494 e. The molecule has 4 rings (SSSR count). The summed E-state index contributed by atoms with van der Waals surface area (Å²) in [4.78, 5) is 17.4. The third-order valence-corrected chi connectivity index (χ3v) is 8.30. The summed E-state index contributed by atoms with van der Waals surface area (Å²) >= 11 is 1.45. The number of rotatable bonds is 8. The number of thiazole rings is 1. The first kappa shape index (κ1) is 22.7. The summed E-state index contributed by atoms with van der Waals surface area (Å²) in [7, 11) is -3.60. The lowest BCUT2D eigenvalue weighted by molar-refractivity contribution is 0.101. The molecule has 0 atom stereocenters. The maximum atomic E-state index is 13.0. The van der Waals surface area contributed by atoms with Gasteiger partial charge in [-0.05, 0) is 50.1 Å². The van der Waals surface area contributed by atoms with Crippen molar-refractivity contribution in [3.05, 3.63) is 48.0 Å². The molecular formula is C23H27N3O4S2. The highest BCUT2D eigenvalue weighted by Crippen LogP contribution is 2.29. The highest BCUT2D eigenvalue weighted by atomic mass is 32.2. The Morgan fingerprint density at radius 3 is 2.66 bits per heavy atom. The summed E-state index contributed by atoms with van der Waals surface area (Å²) in [6.45, 7) is 3.63.